The summed E-state index contributed by atoms with van der Waals surface area (Å²) in [5, 5.41) is 0. The van der Waals surface area contributed by atoms with E-state index in [1.165, 1.54) is 6.20 Å². The molecule has 0 radical (unpaired) electrons. The first-order valence-electron chi connectivity index (χ1n) is 8.41. The van der Waals surface area contributed by atoms with Crippen LogP contribution in [0.4, 0.5) is 5.82 Å². The predicted octanol–water partition coefficient (Wildman–Crippen LogP) is 0.537. The van der Waals surface area contributed by atoms with Crippen molar-refractivity contribution in [2.24, 2.45) is 5.92 Å². The van der Waals surface area contributed by atoms with Crippen molar-refractivity contribution in [3.05, 3.63) is 18.3 Å². The van der Waals surface area contributed by atoms with Gasteiger partial charge in [-0.25, -0.2) is 18.1 Å². The lowest BCUT2D eigenvalue weighted by molar-refractivity contribution is 0.0245. The summed E-state index contributed by atoms with van der Waals surface area (Å²) in [5.41, 5.74) is 0. The van der Waals surface area contributed by atoms with Crippen LogP contribution < -0.4 is 9.62 Å². The highest BCUT2D eigenvalue weighted by Crippen LogP contribution is 2.28. The fourth-order valence-corrected chi connectivity index (χ4v) is 3.86. The fourth-order valence-electron chi connectivity index (χ4n) is 2.80. The molecule has 7 nitrogen and oxygen atoms in total. The number of nitrogens with one attached hydrogen (secondary N) is 1. The molecular weight excluding hydrogens is 328 g/mol. The fraction of sp³-hybridized carbons (Fsp3) is 0.688. The van der Waals surface area contributed by atoms with E-state index in [0.717, 1.165) is 38.3 Å². The second-order valence-electron chi connectivity index (χ2n) is 6.85. The molecule has 3 rings (SSSR count). The minimum Gasteiger partial charge on any atom is -0.373 e. The van der Waals surface area contributed by atoms with Gasteiger partial charge in [-0.2, -0.15) is 0 Å². The quantitative estimate of drug-likeness (QED) is 0.770. The molecule has 1 unspecified atom stereocenters. The molecular formula is C16H26N4O3S. The number of sulfonamides is 1. The Labute approximate surface area is 144 Å². The summed E-state index contributed by atoms with van der Waals surface area (Å²) >= 11 is 0. The summed E-state index contributed by atoms with van der Waals surface area (Å²) in [6, 6.07) is 3.41. The van der Waals surface area contributed by atoms with Crippen molar-refractivity contribution >= 4 is 15.8 Å². The van der Waals surface area contributed by atoms with Crippen molar-refractivity contribution < 1.29 is 13.2 Å². The molecule has 2 aliphatic rings. The van der Waals surface area contributed by atoms with Gasteiger partial charge in [0.15, 0.2) is 0 Å². The molecule has 0 amide bonds. The summed E-state index contributed by atoms with van der Waals surface area (Å²) in [5.74, 6) is 1.30. The zero-order valence-corrected chi connectivity index (χ0v) is 15.1. The Balaban J connectivity index is 1.63. The van der Waals surface area contributed by atoms with Crippen molar-refractivity contribution in [1.82, 2.24) is 14.6 Å². The number of anilines is 1. The van der Waals surface area contributed by atoms with Gasteiger partial charge in [0.05, 0.1) is 12.7 Å². The van der Waals surface area contributed by atoms with Gasteiger partial charge in [-0.1, -0.05) is 0 Å². The van der Waals surface area contributed by atoms with E-state index in [9.17, 15) is 8.42 Å². The standard InChI is InChI=1S/C16H26N4O3S/c1-19(2)11-14-12-20(7-8-23-14)16-6-5-15(10-17-16)24(21,22)18-9-13-3-4-13/h5-6,10,13-14,18H,3-4,7-9,11-12H2,1-2H3. The first-order valence-corrected chi connectivity index (χ1v) is 9.89. The molecule has 134 valence electrons. The normalized spacial score (nSPS) is 22.1. The highest BCUT2D eigenvalue weighted by Gasteiger charge is 2.25. The van der Waals surface area contributed by atoms with Crippen LogP contribution in [-0.4, -0.2) is 71.3 Å². The van der Waals surface area contributed by atoms with E-state index in [1.54, 1.807) is 12.1 Å². The van der Waals surface area contributed by atoms with Crippen molar-refractivity contribution in [3.63, 3.8) is 0 Å². The average Bonchev–Trinajstić information content (AvgIpc) is 3.37. The Kier molecular flexibility index (Phi) is 5.39. The molecule has 1 saturated carbocycles. The Morgan fingerprint density at radius 2 is 2.17 bits per heavy atom. The molecule has 1 saturated heterocycles. The molecule has 1 aromatic heterocycles. The lowest BCUT2D eigenvalue weighted by atomic mass is 10.2. The van der Waals surface area contributed by atoms with Gasteiger partial charge >= 0.3 is 0 Å². The van der Waals surface area contributed by atoms with Gasteiger partial charge < -0.3 is 14.5 Å². The number of rotatable bonds is 7. The van der Waals surface area contributed by atoms with Crippen LogP contribution in [0.5, 0.6) is 0 Å². The van der Waals surface area contributed by atoms with Crippen LogP contribution in [0.1, 0.15) is 12.8 Å². The Hall–Kier alpha value is -1.22. The van der Waals surface area contributed by atoms with Gasteiger partial charge in [-0.3, -0.25) is 0 Å². The maximum absolute atomic E-state index is 12.2. The van der Waals surface area contributed by atoms with Crippen LogP contribution in [0, 0.1) is 5.92 Å². The lowest BCUT2D eigenvalue weighted by Crippen LogP contribution is -2.46. The summed E-state index contributed by atoms with van der Waals surface area (Å²) in [6.07, 6.45) is 3.82. The minimum absolute atomic E-state index is 0.138. The van der Waals surface area contributed by atoms with E-state index in [4.69, 9.17) is 4.74 Å². The van der Waals surface area contributed by atoms with Gasteiger partial charge in [-0.15, -0.1) is 0 Å². The Bertz CT molecular complexity index is 644. The minimum atomic E-state index is -3.45. The third-order valence-corrected chi connectivity index (χ3v) is 5.73. The van der Waals surface area contributed by atoms with E-state index < -0.39 is 10.0 Å². The molecule has 0 spiro atoms. The molecule has 8 heteroatoms. The molecule has 2 heterocycles. The van der Waals surface area contributed by atoms with Crippen LogP contribution in [0.15, 0.2) is 23.2 Å². The molecule has 1 N–H and O–H groups in total. The molecule has 1 aliphatic carbocycles. The van der Waals surface area contributed by atoms with E-state index in [0.29, 0.717) is 19.1 Å². The van der Waals surface area contributed by atoms with Crippen LogP contribution in [0.25, 0.3) is 0 Å². The zero-order valence-electron chi connectivity index (χ0n) is 14.3. The second kappa shape index (κ2) is 7.35. The van der Waals surface area contributed by atoms with Gasteiger partial charge in [-0.05, 0) is 45.0 Å². The van der Waals surface area contributed by atoms with Crippen LogP contribution >= 0.6 is 0 Å². The summed E-state index contributed by atoms with van der Waals surface area (Å²) < 4.78 is 32.9. The molecule has 0 bridgehead atoms. The van der Waals surface area contributed by atoms with E-state index in [-0.39, 0.29) is 11.0 Å². The number of aromatic nitrogens is 1. The third-order valence-electron chi connectivity index (χ3n) is 4.32. The number of hydrogen-bond donors (Lipinski definition) is 1. The zero-order chi connectivity index (χ0) is 17.2. The predicted molar refractivity (Wildman–Crippen MR) is 92.7 cm³/mol. The highest BCUT2D eigenvalue weighted by atomic mass is 32.2. The number of likely N-dealkylation sites (N-methyl/N-ethyl adjacent to an activating group) is 1. The molecule has 0 aromatic carbocycles. The molecule has 24 heavy (non-hydrogen) atoms. The van der Waals surface area contributed by atoms with Gasteiger partial charge in [0, 0.05) is 32.4 Å². The number of hydrogen-bond acceptors (Lipinski definition) is 6. The summed E-state index contributed by atoms with van der Waals surface area (Å²) in [7, 11) is 0.593. The Morgan fingerprint density at radius 1 is 1.38 bits per heavy atom. The van der Waals surface area contributed by atoms with Crippen LogP contribution in [-0.2, 0) is 14.8 Å². The summed E-state index contributed by atoms with van der Waals surface area (Å²) in [4.78, 5) is 8.83. The number of ether oxygens (including phenoxy) is 1. The lowest BCUT2D eigenvalue weighted by Gasteiger charge is -2.34. The first-order chi connectivity index (χ1) is 11.4. The number of nitrogens with zero attached hydrogens (tertiary/aromatic N) is 3. The van der Waals surface area contributed by atoms with Gasteiger partial charge in [0.1, 0.15) is 10.7 Å². The van der Waals surface area contributed by atoms with Crippen molar-refractivity contribution in [1.29, 1.82) is 0 Å². The molecule has 2 fully saturated rings. The van der Waals surface area contributed by atoms with Gasteiger partial charge in [0.2, 0.25) is 10.0 Å². The maximum atomic E-state index is 12.2. The van der Waals surface area contributed by atoms with Crippen molar-refractivity contribution in [3.8, 4) is 0 Å². The smallest absolute Gasteiger partial charge is 0.242 e. The molecule has 1 aliphatic heterocycles. The monoisotopic (exact) mass is 354 g/mol. The highest BCUT2D eigenvalue weighted by molar-refractivity contribution is 7.89. The third kappa shape index (κ3) is 4.66. The molecule has 1 atom stereocenters. The average molecular weight is 354 g/mol. The number of pyridine rings is 1. The number of morpholine rings is 1. The topological polar surface area (TPSA) is 74.8 Å². The van der Waals surface area contributed by atoms with Crippen molar-refractivity contribution in [2.75, 3.05) is 51.8 Å². The summed E-state index contributed by atoms with van der Waals surface area (Å²) in [6.45, 7) is 3.57. The van der Waals surface area contributed by atoms with Crippen LogP contribution in [0.3, 0.4) is 0 Å². The largest absolute Gasteiger partial charge is 0.373 e. The van der Waals surface area contributed by atoms with Gasteiger partial charge in [0.25, 0.3) is 0 Å². The second-order valence-corrected chi connectivity index (χ2v) is 8.62. The SMILES string of the molecule is CN(C)CC1CN(c2ccc(S(=O)(=O)NCC3CC3)cn2)CCO1. The maximum Gasteiger partial charge on any atom is 0.242 e. The van der Waals surface area contributed by atoms with E-state index in [1.807, 2.05) is 14.1 Å². The van der Waals surface area contributed by atoms with Crippen molar-refractivity contribution in [2.45, 2.75) is 23.8 Å². The first kappa shape index (κ1) is 17.6. The van der Waals surface area contributed by atoms with E-state index in [2.05, 4.69) is 19.5 Å². The Morgan fingerprint density at radius 3 is 2.79 bits per heavy atom. The molecule has 1 aromatic rings. The van der Waals surface area contributed by atoms with Crippen LogP contribution in [0.2, 0.25) is 0 Å². The van der Waals surface area contributed by atoms with E-state index >= 15 is 0 Å².